The number of hydrogen-bond acceptors (Lipinski definition) is 5. The van der Waals surface area contributed by atoms with Crippen molar-refractivity contribution in [1.82, 2.24) is 5.43 Å². The van der Waals surface area contributed by atoms with E-state index in [1.165, 1.54) is 6.21 Å². The summed E-state index contributed by atoms with van der Waals surface area (Å²) in [5.74, 6) is -0.124. The van der Waals surface area contributed by atoms with Crippen LogP contribution in [0.25, 0.3) is 10.8 Å². The van der Waals surface area contributed by atoms with Gasteiger partial charge in [0.25, 0.3) is 5.91 Å². The van der Waals surface area contributed by atoms with E-state index < -0.39 is 18.0 Å². The molecule has 0 fully saturated rings. The Morgan fingerprint density at radius 3 is 2.51 bits per heavy atom. The first-order chi connectivity index (χ1) is 16.9. The molecule has 0 unspecified atom stereocenters. The number of carbonyl (C=O) groups is 2. The van der Waals surface area contributed by atoms with Crippen molar-refractivity contribution in [2.24, 2.45) is 5.10 Å². The molecule has 0 aliphatic rings. The van der Waals surface area contributed by atoms with Crippen LogP contribution in [0.4, 0.5) is 0 Å². The normalized spacial score (nSPS) is 11.9. The van der Waals surface area contributed by atoms with Gasteiger partial charge in [-0.25, -0.2) is 10.2 Å². The summed E-state index contributed by atoms with van der Waals surface area (Å²) >= 11 is 5.96. The molecule has 7 heteroatoms. The van der Waals surface area contributed by atoms with Gasteiger partial charge in [-0.15, -0.1) is 0 Å². The molecule has 0 aliphatic heterocycles. The van der Waals surface area contributed by atoms with E-state index in [1.54, 1.807) is 49.4 Å². The molecule has 4 rings (SSSR count). The van der Waals surface area contributed by atoms with Crippen molar-refractivity contribution >= 4 is 40.5 Å². The second-order valence-corrected chi connectivity index (χ2v) is 8.34. The van der Waals surface area contributed by atoms with Gasteiger partial charge >= 0.3 is 5.97 Å². The Hall–Kier alpha value is -4.16. The highest BCUT2D eigenvalue weighted by Gasteiger charge is 2.16. The number of esters is 1. The molecule has 0 heterocycles. The Morgan fingerprint density at radius 2 is 1.74 bits per heavy atom. The Balaban J connectivity index is 1.53. The van der Waals surface area contributed by atoms with Gasteiger partial charge in [0.15, 0.2) is 6.10 Å². The van der Waals surface area contributed by atoms with Gasteiger partial charge in [-0.1, -0.05) is 65.7 Å². The molecule has 0 spiro atoms. The molecule has 1 atom stereocenters. The summed E-state index contributed by atoms with van der Waals surface area (Å²) in [6, 6.07) is 25.1. The Kier molecular flexibility index (Phi) is 7.43. The zero-order chi connectivity index (χ0) is 24.8. The van der Waals surface area contributed by atoms with E-state index in [0.717, 1.165) is 16.3 Å². The second-order valence-electron chi connectivity index (χ2n) is 7.91. The summed E-state index contributed by atoms with van der Waals surface area (Å²) < 4.78 is 11.3. The van der Waals surface area contributed by atoms with E-state index in [9.17, 15) is 9.59 Å². The van der Waals surface area contributed by atoms with E-state index in [-0.39, 0.29) is 0 Å². The van der Waals surface area contributed by atoms with E-state index >= 15 is 0 Å². The predicted octanol–water partition coefficient (Wildman–Crippen LogP) is 5.94. The number of rotatable bonds is 7. The van der Waals surface area contributed by atoms with Gasteiger partial charge in [-0.05, 0) is 61.0 Å². The number of amides is 1. The molecule has 0 aliphatic carbocycles. The average molecular weight is 487 g/mol. The standard InChI is InChI=1S/C28H23ClN2O4/c1-18-10-12-21(13-11-18)28(33)35-26-15-14-20-6-3-4-9-24(20)25(26)17-30-31-27(32)19(2)34-23-8-5-7-22(29)16-23/h3-17,19H,1-2H3,(H,31,32)/b30-17-/t19-/m0/s1. The predicted molar refractivity (Wildman–Crippen MR) is 137 cm³/mol. The summed E-state index contributed by atoms with van der Waals surface area (Å²) in [7, 11) is 0. The summed E-state index contributed by atoms with van der Waals surface area (Å²) in [5.41, 5.74) is 4.53. The lowest BCUT2D eigenvalue weighted by molar-refractivity contribution is -0.127. The van der Waals surface area contributed by atoms with Crippen molar-refractivity contribution in [2.45, 2.75) is 20.0 Å². The molecule has 1 N–H and O–H groups in total. The van der Waals surface area contributed by atoms with Gasteiger partial charge in [-0.2, -0.15) is 5.10 Å². The van der Waals surface area contributed by atoms with Crippen LogP contribution >= 0.6 is 11.6 Å². The highest BCUT2D eigenvalue weighted by atomic mass is 35.5. The minimum absolute atomic E-state index is 0.329. The Labute approximate surface area is 208 Å². The molecule has 1 amide bonds. The number of fused-ring (bicyclic) bond motifs is 1. The van der Waals surface area contributed by atoms with E-state index in [2.05, 4.69) is 10.5 Å². The largest absolute Gasteiger partial charge is 0.481 e. The minimum Gasteiger partial charge on any atom is -0.481 e. The minimum atomic E-state index is -0.808. The molecule has 0 saturated heterocycles. The number of nitrogens with one attached hydrogen (secondary N) is 1. The zero-order valence-electron chi connectivity index (χ0n) is 19.2. The molecule has 0 saturated carbocycles. The van der Waals surface area contributed by atoms with Gasteiger partial charge < -0.3 is 9.47 Å². The molecule has 176 valence electrons. The number of benzene rings is 4. The molecule has 4 aromatic carbocycles. The molecule has 0 aromatic heterocycles. The maximum atomic E-state index is 12.7. The van der Waals surface area contributed by atoms with Crippen LogP contribution < -0.4 is 14.9 Å². The number of halogens is 1. The highest BCUT2D eigenvalue weighted by Crippen LogP contribution is 2.27. The first kappa shape index (κ1) is 24.0. The summed E-state index contributed by atoms with van der Waals surface area (Å²) in [6.07, 6.45) is 0.654. The average Bonchev–Trinajstić information content (AvgIpc) is 2.85. The monoisotopic (exact) mass is 486 g/mol. The third-order valence-corrected chi connectivity index (χ3v) is 5.50. The topological polar surface area (TPSA) is 77.0 Å². The molecule has 0 radical (unpaired) electrons. The molecule has 0 bridgehead atoms. The molecular weight excluding hydrogens is 464 g/mol. The lowest BCUT2D eigenvalue weighted by Crippen LogP contribution is -2.33. The van der Waals surface area contributed by atoms with Gasteiger partial charge in [0.05, 0.1) is 11.8 Å². The third-order valence-electron chi connectivity index (χ3n) is 5.27. The number of aryl methyl sites for hydroxylation is 1. The van der Waals surface area contributed by atoms with Crippen LogP contribution in [0.2, 0.25) is 5.02 Å². The van der Waals surface area contributed by atoms with Gasteiger partial charge in [0, 0.05) is 10.6 Å². The zero-order valence-corrected chi connectivity index (χ0v) is 20.0. The maximum absolute atomic E-state index is 12.7. The highest BCUT2D eigenvalue weighted by molar-refractivity contribution is 6.30. The maximum Gasteiger partial charge on any atom is 0.343 e. The van der Waals surface area contributed by atoms with Crippen LogP contribution in [-0.2, 0) is 4.79 Å². The number of nitrogens with zero attached hydrogens (tertiary/aromatic N) is 1. The Morgan fingerprint density at radius 1 is 0.971 bits per heavy atom. The molecule has 35 heavy (non-hydrogen) atoms. The van der Waals surface area contributed by atoms with Crippen LogP contribution in [0.5, 0.6) is 11.5 Å². The van der Waals surface area contributed by atoms with Crippen molar-refractivity contribution in [3.63, 3.8) is 0 Å². The number of hydrazone groups is 1. The van der Waals surface area contributed by atoms with E-state index in [0.29, 0.717) is 27.6 Å². The molecule has 6 nitrogen and oxygen atoms in total. The van der Waals surface area contributed by atoms with E-state index in [4.69, 9.17) is 21.1 Å². The fraction of sp³-hybridized carbons (Fsp3) is 0.107. The number of ether oxygens (including phenoxy) is 2. The van der Waals surface area contributed by atoms with Crippen LogP contribution in [-0.4, -0.2) is 24.2 Å². The van der Waals surface area contributed by atoms with Gasteiger partial charge in [0.1, 0.15) is 11.5 Å². The second kappa shape index (κ2) is 10.8. The van der Waals surface area contributed by atoms with Crippen LogP contribution in [0.3, 0.4) is 0 Å². The fourth-order valence-corrected chi connectivity index (χ4v) is 3.58. The van der Waals surface area contributed by atoms with Gasteiger partial charge in [0.2, 0.25) is 0 Å². The number of carbonyl (C=O) groups excluding carboxylic acids is 2. The van der Waals surface area contributed by atoms with E-state index in [1.807, 2.05) is 49.4 Å². The van der Waals surface area contributed by atoms with Crippen LogP contribution in [0, 0.1) is 6.92 Å². The van der Waals surface area contributed by atoms with Crippen molar-refractivity contribution in [3.8, 4) is 11.5 Å². The first-order valence-corrected chi connectivity index (χ1v) is 11.3. The fourth-order valence-electron chi connectivity index (χ4n) is 3.40. The Bertz CT molecular complexity index is 1400. The third kappa shape index (κ3) is 6.05. The van der Waals surface area contributed by atoms with Crippen LogP contribution in [0.1, 0.15) is 28.4 Å². The molecular formula is C28H23ClN2O4. The van der Waals surface area contributed by atoms with Gasteiger partial charge in [-0.3, -0.25) is 4.79 Å². The van der Waals surface area contributed by atoms with Crippen molar-refractivity contribution < 1.29 is 19.1 Å². The quantitative estimate of drug-likeness (QED) is 0.152. The number of hydrogen-bond donors (Lipinski definition) is 1. The summed E-state index contributed by atoms with van der Waals surface area (Å²) in [4.78, 5) is 25.2. The molecule has 4 aromatic rings. The summed E-state index contributed by atoms with van der Waals surface area (Å²) in [5, 5.41) is 6.37. The van der Waals surface area contributed by atoms with Crippen molar-refractivity contribution in [2.75, 3.05) is 0 Å². The summed E-state index contributed by atoms with van der Waals surface area (Å²) in [6.45, 7) is 3.56. The lowest BCUT2D eigenvalue weighted by atomic mass is 10.0. The smallest absolute Gasteiger partial charge is 0.343 e. The lowest BCUT2D eigenvalue weighted by Gasteiger charge is -2.13. The SMILES string of the molecule is Cc1ccc(C(=O)Oc2ccc3ccccc3c2/C=N\NC(=O)[C@H](C)Oc2cccc(Cl)c2)cc1. The first-order valence-electron chi connectivity index (χ1n) is 11.0. The van der Waals surface area contributed by atoms with Crippen molar-refractivity contribution in [3.05, 3.63) is 107 Å². The van der Waals surface area contributed by atoms with Crippen molar-refractivity contribution in [1.29, 1.82) is 0 Å². The van der Waals surface area contributed by atoms with Crippen LogP contribution in [0.15, 0.2) is 90.0 Å².